The third-order valence-corrected chi connectivity index (χ3v) is 4.53. The Kier molecular flexibility index (Phi) is 7.42. The Morgan fingerprint density at radius 3 is 2.22 bits per heavy atom. The zero-order valence-electron chi connectivity index (χ0n) is 15.4. The summed E-state index contributed by atoms with van der Waals surface area (Å²) >= 11 is 2.14. The maximum absolute atomic E-state index is 11.7. The molecule has 27 heavy (non-hydrogen) atoms. The van der Waals surface area contributed by atoms with E-state index in [1.807, 2.05) is 12.1 Å². The number of methoxy groups -OCH3 is 1. The van der Waals surface area contributed by atoms with Crippen molar-refractivity contribution in [2.45, 2.75) is 45.2 Å². The zero-order chi connectivity index (χ0) is 20.1. The number of rotatable bonds is 6. The Balaban J connectivity index is 2.44. The molecule has 8 nitrogen and oxygen atoms in total. The first-order chi connectivity index (χ1) is 12.7. The molecule has 1 saturated heterocycles. The van der Waals surface area contributed by atoms with Crippen molar-refractivity contribution in [3.05, 3.63) is 27.3 Å². The molecule has 0 unspecified atom stereocenters. The highest BCUT2D eigenvalue weighted by atomic mass is 127. The van der Waals surface area contributed by atoms with Gasteiger partial charge in [-0.1, -0.05) is 0 Å². The third kappa shape index (κ3) is 5.55. The van der Waals surface area contributed by atoms with Gasteiger partial charge in [0, 0.05) is 29.9 Å². The minimum absolute atomic E-state index is 0.145. The van der Waals surface area contributed by atoms with E-state index in [4.69, 9.17) is 23.7 Å². The van der Waals surface area contributed by atoms with Crippen LogP contribution >= 0.6 is 22.6 Å². The van der Waals surface area contributed by atoms with Gasteiger partial charge >= 0.3 is 17.9 Å². The molecule has 1 aliphatic rings. The van der Waals surface area contributed by atoms with Crippen LogP contribution in [0.25, 0.3) is 0 Å². The molecule has 0 N–H and O–H groups in total. The summed E-state index contributed by atoms with van der Waals surface area (Å²) in [5.41, 5.74) is 0.637. The number of esters is 3. The van der Waals surface area contributed by atoms with Crippen LogP contribution in [-0.4, -0.2) is 49.9 Å². The summed E-state index contributed by atoms with van der Waals surface area (Å²) in [5.74, 6) is -1.08. The lowest BCUT2D eigenvalue weighted by Gasteiger charge is -2.24. The Labute approximate surface area is 170 Å². The third-order valence-electron chi connectivity index (χ3n) is 3.86. The molecule has 1 fully saturated rings. The first-order valence-corrected chi connectivity index (χ1v) is 9.27. The average Bonchev–Trinajstić information content (AvgIpc) is 2.89. The highest BCUT2D eigenvalue weighted by molar-refractivity contribution is 14.1. The van der Waals surface area contributed by atoms with Crippen LogP contribution in [0.2, 0.25) is 0 Å². The molecule has 1 aromatic rings. The minimum atomic E-state index is -0.932. The van der Waals surface area contributed by atoms with Gasteiger partial charge < -0.3 is 23.7 Å². The number of hydrogen-bond donors (Lipinski definition) is 0. The SMILES string of the molecule is COc1ccc(I)cc1[C@@H]1O[C@H](COC(C)=O)[C@@H](OC(C)=O)[C@H]1OC(C)=O. The number of carbonyl (C=O) groups is 3. The number of ether oxygens (including phenoxy) is 5. The van der Waals surface area contributed by atoms with E-state index in [2.05, 4.69) is 22.6 Å². The molecule has 148 valence electrons. The molecule has 9 heteroatoms. The highest BCUT2D eigenvalue weighted by Crippen LogP contribution is 2.41. The van der Waals surface area contributed by atoms with Crippen molar-refractivity contribution in [1.82, 2.24) is 0 Å². The van der Waals surface area contributed by atoms with E-state index in [0.717, 1.165) is 3.57 Å². The van der Waals surface area contributed by atoms with Gasteiger partial charge in [-0.15, -0.1) is 0 Å². The highest BCUT2D eigenvalue weighted by Gasteiger charge is 2.51. The average molecular weight is 492 g/mol. The lowest BCUT2D eigenvalue weighted by Crippen LogP contribution is -2.40. The van der Waals surface area contributed by atoms with Crippen molar-refractivity contribution in [3.8, 4) is 5.75 Å². The predicted molar refractivity (Wildman–Crippen MR) is 101 cm³/mol. The second-order valence-electron chi connectivity index (χ2n) is 5.93. The van der Waals surface area contributed by atoms with Gasteiger partial charge in [0.2, 0.25) is 0 Å². The second kappa shape index (κ2) is 9.36. The Hall–Kier alpha value is -1.88. The van der Waals surface area contributed by atoms with Gasteiger partial charge in [-0.2, -0.15) is 0 Å². The topological polar surface area (TPSA) is 97.4 Å². The number of benzene rings is 1. The molecule has 0 spiro atoms. The fourth-order valence-electron chi connectivity index (χ4n) is 2.89. The second-order valence-corrected chi connectivity index (χ2v) is 7.18. The largest absolute Gasteiger partial charge is 0.496 e. The van der Waals surface area contributed by atoms with E-state index in [-0.39, 0.29) is 6.61 Å². The van der Waals surface area contributed by atoms with Gasteiger partial charge in [-0.3, -0.25) is 14.4 Å². The summed E-state index contributed by atoms with van der Waals surface area (Å²) < 4.78 is 28.1. The first-order valence-electron chi connectivity index (χ1n) is 8.19. The molecule has 1 aromatic carbocycles. The summed E-state index contributed by atoms with van der Waals surface area (Å²) in [6, 6.07) is 5.46. The smallest absolute Gasteiger partial charge is 0.303 e. The maximum atomic E-state index is 11.7. The van der Waals surface area contributed by atoms with Gasteiger partial charge in [0.25, 0.3) is 0 Å². The van der Waals surface area contributed by atoms with E-state index in [1.165, 1.54) is 27.9 Å². The monoisotopic (exact) mass is 492 g/mol. The van der Waals surface area contributed by atoms with Crippen molar-refractivity contribution >= 4 is 40.5 Å². The normalized spacial score (nSPS) is 24.2. The molecule has 0 aromatic heterocycles. The Morgan fingerprint density at radius 1 is 1.04 bits per heavy atom. The fraction of sp³-hybridized carbons (Fsp3) is 0.500. The van der Waals surface area contributed by atoms with Crippen molar-refractivity contribution in [3.63, 3.8) is 0 Å². The van der Waals surface area contributed by atoms with Gasteiger partial charge in [0.15, 0.2) is 12.2 Å². The Morgan fingerprint density at radius 2 is 1.67 bits per heavy atom. The summed E-state index contributed by atoms with van der Waals surface area (Å²) in [6.07, 6.45) is -3.41. The number of hydrogen-bond acceptors (Lipinski definition) is 8. The Bertz CT molecular complexity index is 719. The number of carbonyl (C=O) groups excluding carboxylic acids is 3. The zero-order valence-corrected chi connectivity index (χ0v) is 17.6. The minimum Gasteiger partial charge on any atom is -0.496 e. The van der Waals surface area contributed by atoms with E-state index in [0.29, 0.717) is 11.3 Å². The molecule has 1 heterocycles. The molecule has 0 bridgehead atoms. The van der Waals surface area contributed by atoms with Gasteiger partial charge in [0.1, 0.15) is 24.6 Å². The van der Waals surface area contributed by atoms with Crippen LogP contribution in [0.15, 0.2) is 18.2 Å². The van der Waals surface area contributed by atoms with Crippen molar-refractivity contribution in [1.29, 1.82) is 0 Å². The number of halogens is 1. The summed E-state index contributed by atoms with van der Waals surface area (Å²) in [4.78, 5) is 34.4. The molecule has 0 saturated carbocycles. The van der Waals surface area contributed by atoms with Crippen LogP contribution in [0.3, 0.4) is 0 Å². The molecule has 0 amide bonds. The molecule has 2 rings (SSSR count). The van der Waals surface area contributed by atoms with Crippen molar-refractivity contribution in [2.75, 3.05) is 13.7 Å². The standard InChI is InChI=1S/C18H21IO8/c1-9(20)24-8-15-17(25-10(2)21)18(26-11(3)22)16(27-15)13-7-12(19)5-6-14(13)23-4/h5-7,15-18H,8H2,1-4H3/t15-,16+,17-,18+/m1/s1. The van der Waals surface area contributed by atoms with Gasteiger partial charge in [0.05, 0.1) is 7.11 Å². The molecular weight excluding hydrogens is 471 g/mol. The molecular formula is C18H21IO8. The van der Waals surface area contributed by atoms with E-state index < -0.39 is 42.3 Å². The lowest BCUT2D eigenvalue weighted by atomic mass is 10.00. The summed E-state index contributed by atoms with van der Waals surface area (Å²) in [7, 11) is 1.52. The van der Waals surface area contributed by atoms with E-state index >= 15 is 0 Å². The van der Waals surface area contributed by atoms with Crippen molar-refractivity contribution in [2.24, 2.45) is 0 Å². The molecule has 1 aliphatic heterocycles. The fourth-order valence-corrected chi connectivity index (χ4v) is 3.41. The quantitative estimate of drug-likeness (QED) is 0.339. The van der Waals surface area contributed by atoms with Crippen LogP contribution in [0.1, 0.15) is 32.4 Å². The lowest BCUT2D eigenvalue weighted by molar-refractivity contribution is -0.165. The van der Waals surface area contributed by atoms with Crippen LogP contribution in [0, 0.1) is 3.57 Å². The van der Waals surface area contributed by atoms with E-state index in [9.17, 15) is 14.4 Å². The van der Waals surface area contributed by atoms with Gasteiger partial charge in [-0.05, 0) is 40.8 Å². The van der Waals surface area contributed by atoms with E-state index in [1.54, 1.807) is 6.07 Å². The first kappa shape index (κ1) is 21.4. The summed E-state index contributed by atoms with van der Waals surface area (Å²) in [6.45, 7) is 3.62. The molecule has 0 radical (unpaired) electrons. The van der Waals surface area contributed by atoms with Crippen LogP contribution in [-0.2, 0) is 33.3 Å². The molecule has 0 aliphatic carbocycles. The van der Waals surface area contributed by atoms with Crippen LogP contribution in [0.5, 0.6) is 5.75 Å². The predicted octanol–water partition coefficient (Wildman–Crippen LogP) is 2.17. The van der Waals surface area contributed by atoms with Crippen LogP contribution in [0.4, 0.5) is 0 Å². The molecule has 4 atom stereocenters. The van der Waals surface area contributed by atoms with Gasteiger partial charge in [-0.25, -0.2) is 0 Å². The maximum Gasteiger partial charge on any atom is 0.303 e. The summed E-state index contributed by atoms with van der Waals surface area (Å²) in [5, 5.41) is 0. The van der Waals surface area contributed by atoms with Crippen molar-refractivity contribution < 1.29 is 38.1 Å². The van der Waals surface area contributed by atoms with Crippen LogP contribution < -0.4 is 4.74 Å².